The molecule has 1 saturated carbocycles. The Hall–Kier alpha value is -2.49. The van der Waals surface area contributed by atoms with Gasteiger partial charge in [0.2, 0.25) is 11.8 Å². The Kier molecular flexibility index (Phi) is 3.76. The Balaban J connectivity index is 2.24. The van der Waals surface area contributed by atoms with Crippen LogP contribution in [0.3, 0.4) is 0 Å². The maximum Gasteiger partial charge on any atom is 0.310 e. The van der Waals surface area contributed by atoms with Crippen molar-refractivity contribution < 1.29 is 14.3 Å². The van der Waals surface area contributed by atoms with Gasteiger partial charge in [-0.25, -0.2) is 0 Å². The van der Waals surface area contributed by atoms with E-state index in [1.165, 1.54) is 0 Å². The van der Waals surface area contributed by atoms with Crippen LogP contribution in [0.4, 0.5) is 0 Å². The van der Waals surface area contributed by atoms with Gasteiger partial charge in [-0.3, -0.25) is 9.89 Å². The molecule has 0 amide bonds. The zero-order valence-corrected chi connectivity index (χ0v) is 13.3. The molecule has 2 atom stereocenters. The number of allylic oxidation sites excluding steroid dienone is 1. The largest absolute Gasteiger partial charge is 0.466 e. The number of carbonyl (C=O) groups is 1. The fraction of sp³-hybridized carbons (Fsp3) is 0.562. The summed E-state index contributed by atoms with van der Waals surface area (Å²) in [6.07, 6.45) is 3.12. The topological polar surface area (TPSA) is 114 Å². The molecule has 122 valence electrons. The van der Waals surface area contributed by atoms with Gasteiger partial charge in [-0.1, -0.05) is 12.8 Å². The molecule has 2 aliphatic rings. The summed E-state index contributed by atoms with van der Waals surface area (Å²) in [6.45, 7) is 3.95. The molecule has 0 bridgehead atoms. The number of fused-ring (bicyclic) bond motifs is 2. The lowest BCUT2D eigenvalue weighted by Gasteiger charge is -2.44. The van der Waals surface area contributed by atoms with Gasteiger partial charge in [0.25, 0.3) is 0 Å². The zero-order valence-electron chi connectivity index (χ0n) is 13.3. The van der Waals surface area contributed by atoms with Crippen molar-refractivity contribution in [2.45, 2.75) is 44.9 Å². The van der Waals surface area contributed by atoms with Crippen LogP contribution in [0.1, 0.15) is 43.9 Å². The molecule has 2 heterocycles. The van der Waals surface area contributed by atoms with E-state index >= 15 is 0 Å². The summed E-state index contributed by atoms with van der Waals surface area (Å²) in [4.78, 5) is 12.6. The molecule has 1 fully saturated rings. The van der Waals surface area contributed by atoms with Crippen LogP contribution in [0.15, 0.2) is 11.5 Å². The molecular weight excluding hydrogens is 296 g/mol. The molecule has 1 aromatic rings. The Morgan fingerprint density at radius 3 is 3.09 bits per heavy atom. The first kappa shape index (κ1) is 15.4. The Labute approximate surface area is 134 Å². The van der Waals surface area contributed by atoms with Crippen molar-refractivity contribution in [1.29, 1.82) is 5.26 Å². The first-order valence-electron chi connectivity index (χ1n) is 7.86. The highest BCUT2D eigenvalue weighted by Crippen LogP contribution is 2.55. The second-order valence-electron chi connectivity index (χ2n) is 6.00. The summed E-state index contributed by atoms with van der Waals surface area (Å²) in [7, 11) is 0. The summed E-state index contributed by atoms with van der Waals surface area (Å²) in [5, 5.41) is 16.7. The smallest absolute Gasteiger partial charge is 0.310 e. The van der Waals surface area contributed by atoms with Gasteiger partial charge in [-0.15, -0.1) is 5.10 Å². The molecule has 0 unspecified atom stereocenters. The Morgan fingerprint density at radius 1 is 1.61 bits per heavy atom. The Bertz CT molecular complexity index is 715. The summed E-state index contributed by atoms with van der Waals surface area (Å²) < 4.78 is 10.8. The van der Waals surface area contributed by atoms with Gasteiger partial charge >= 0.3 is 5.97 Å². The van der Waals surface area contributed by atoms with Gasteiger partial charge in [0, 0.05) is 11.3 Å². The third-order valence-electron chi connectivity index (χ3n) is 4.85. The molecule has 3 rings (SSSR count). The lowest BCUT2D eigenvalue weighted by atomic mass is 9.58. The van der Waals surface area contributed by atoms with Crippen LogP contribution >= 0.6 is 0 Å². The summed E-state index contributed by atoms with van der Waals surface area (Å²) in [6, 6.07) is 2.18. The average Bonchev–Trinajstić information content (AvgIpc) is 2.89. The van der Waals surface area contributed by atoms with Crippen LogP contribution in [0.5, 0.6) is 5.88 Å². The first-order chi connectivity index (χ1) is 11.1. The second-order valence-corrected chi connectivity index (χ2v) is 6.00. The minimum atomic E-state index is -0.812. The third kappa shape index (κ3) is 2.09. The summed E-state index contributed by atoms with van der Waals surface area (Å²) in [5.41, 5.74) is 7.04. The summed E-state index contributed by atoms with van der Waals surface area (Å²) in [5.74, 6) is -0.359. The third-order valence-corrected chi connectivity index (χ3v) is 4.85. The number of ether oxygens (including phenoxy) is 2. The van der Waals surface area contributed by atoms with Crippen molar-refractivity contribution in [3.63, 3.8) is 0 Å². The van der Waals surface area contributed by atoms with Crippen molar-refractivity contribution in [2.75, 3.05) is 6.61 Å². The van der Waals surface area contributed by atoms with Crippen molar-refractivity contribution in [3.05, 3.63) is 22.7 Å². The van der Waals surface area contributed by atoms with E-state index in [1.807, 2.05) is 6.92 Å². The normalized spacial score (nSPS) is 26.4. The molecule has 7 heteroatoms. The number of hydrogen-bond donors (Lipinski definition) is 2. The van der Waals surface area contributed by atoms with E-state index in [2.05, 4.69) is 16.3 Å². The number of nitrogens with two attached hydrogens (primary N) is 1. The van der Waals surface area contributed by atoms with Gasteiger partial charge in [0.1, 0.15) is 11.6 Å². The monoisotopic (exact) mass is 316 g/mol. The lowest BCUT2D eigenvalue weighted by molar-refractivity contribution is -0.151. The van der Waals surface area contributed by atoms with Gasteiger partial charge in [-0.05, 0) is 26.7 Å². The first-order valence-corrected chi connectivity index (χ1v) is 7.86. The number of aromatic amines is 1. The quantitative estimate of drug-likeness (QED) is 0.804. The number of rotatable bonds is 2. The molecule has 1 aliphatic carbocycles. The van der Waals surface area contributed by atoms with E-state index in [0.717, 1.165) is 24.1 Å². The van der Waals surface area contributed by atoms with Crippen LogP contribution in [0, 0.1) is 24.2 Å². The molecule has 1 aromatic heterocycles. The number of aryl methyl sites for hydroxylation is 1. The van der Waals surface area contributed by atoms with Crippen LogP contribution < -0.4 is 10.5 Å². The number of carbonyl (C=O) groups excluding carboxylic acids is 1. The number of hydrogen-bond acceptors (Lipinski definition) is 6. The molecular formula is C16H20N4O3. The highest BCUT2D eigenvalue weighted by molar-refractivity contribution is 5.78. The molecule has 1 spiro atoms. The van der Waals surface area contributed by atoms with E-state index in [-0.39, 0.29) is 11.9 Å². The number of nitriles is 1. The van der Waals surface area contributed by atoms with E-state index in [9.17, 15) is 10.1 Å². The summed E-state index contributed by atoms with van der Waals surface area (Å²) >= 11 is 0. The number of esters is 1. The van der Waals surface area contributed by atoms with Gasteiger partial charge in [0.15, 0.2) is 0 Å². The van der Waals surface area contributed by atoms with E-state index in [4.69, 9.17) is 15.2 Å². The fourth-order valence-electron chi connectivity index (χ4n) is 3.99. The molecule has 0 radical (unpaired) electrons. The molecule has 0 aromatic carbocycles. The predicted molar refractivity (Wildman–Crippen MR) is 81.0 cm³/mol. The van der Waals surface area contributed by atoms with Gasteiger partial charge in [0.05, 0.1) is 17.9 Å². The Morgan fingerprint density at radius 2 is 2.39 bits per heavy atom. The van der Waals surface area contributed by atoms with E-state index in [0.29, 0.717) is 30.9 Å². The predicted octanol–water partition coefficient (Wildman–Crippen LogP) is 1.80. The molecule has 1 aliphatic heterocycles. The van der Waals surface area contributed by atoms with Gasteiger partial charge < -0.3 is 15.2 Å². The van der Waals surface area contributed by atoms with Crippen molar-refractivity contribution in [1.82, 2.24) is 10.2 Å². The number of nitrogens with zero attached hydrogens (tertiary/aromatic N) is 2. The van der Waals surface area contributed by atoms with E-state index < -0.39 is 11.3 Å². The van der Waals surface area contributed by atoms with Crippen molar-refractivity contribution in [3.8, 4) is 11.9 Å². The standard InChI is InChI=1S/C16H20N4O3/c1-3-22-15(21)10-6-4-5-7-16(10)11(8-17)13(18)23-14-12(16)9(2)19-20-14/h10H,3-7,18H2,1-2H3,(H,19,20)/t10-,16-/m0/s1. The second kappa shape index (κ2) is 5.61. The number of nitrogens with one attached hydrogen (secondary N) is 1. The van der Waals surface area contributed by atoms with Crippen LogP contribution in [0.25, 0.3) is 0 Å². The van der Waals surface area contributed by atoms with Crippen molar-refractivity contribution >= 4 is 5.97 Å². The van der Waals surface area contributed by atoms with Gasteiger partial charge in [-0.2, -0.15) is 5.26 Å². The average molecular weight is 316 g/mol. The SMILES string of the molecule is CCOC(=O)[C@@H]1CCCC[C@@]12C(C#N)=C(N)Oc1n[nH]c(C)c12. The number of aromatic nitrogens is 2. The minimum Gasteiger partial charge on any atom is -0.466 e. The molecule has 23 heavy (non-hydrogen) atoms. The van der Waals surface area contributed by atoms with Crippen LogP contribution in [0.2, 0.25) is 0 Å². The maximum absolute atomic E-state index is 12.6. The molecule has 3 N–H and O–H groups in total. The molecule has 7 nitrogen and oxygen atoms in total. The maximum atomic E-state index is 12.6. The minimum absolute atomic E-state index is 0.0303. The van der Waals surface area contributed by atoms with E-state index in [1.54, 1.807) is 6.92 Å². The zero-order chi connectivity index (χ0) is 16.6. The molecule has 0 saturated heterocycles. The van der Waals surface area contributed by atoms with Crippen molar-refractivity contribution in [2.24, 2.45) is 11.7 Å². The highest BCUT2D eigenvalue weighted by atomic mass is 16.5. The van der Waals surface area contributed by atoms with Crippen LogP contribution in [-0.4, -0.2) is 22.8 Å². The van der Waals surface area contributed by atoms with Crippen LogP contribution in [-0.2, 0) is 14.9 Å². The fourth-order valence-corrected chi connectivity index (χ4v) is 3.99. The highest BCUT2D eigenvalue weighted by Gasteiger charge is 2.55. The number of H-pyrrole nitrogens is 1. The lowest BCUT2D eigenvalue weighted by Crippen LogP contribution is -2.47.